The fourth-order valence-corrected chi connectivity index (χ4v) is 6.02. The van der Waals surface area contributed by atoms with Crippen LogP contribution in [0.1, 0.15) is 50.3 Å². The van der Waals surface area contributed by atoms with Gasteiger partial charge in [0.1, 0.15) is 11.9 Å². The Balaban J connectivity index is 1.41. The molecule has 1 aromatic heterocycles. The third-order valence-electron chi connectivity index (χ3n) is 7.49. The molecule has 3 aromatic rings. The Kier molecular flexibility index (Phi) is 6.96. The highest BCUT2D eigenvalue weighted by atomic mass is 35.5. The van der Waals surface area contributed by atoms with Gasteiger partial charge in [-0.2, -0.15) is 0 Å². The van der Waals surface area contributed by atoms with Crippen LogP contribution in [-0.2, 0) is 15.0 Å². The van der Waals surface area contributed by atoms with E-state index < -0.39 is 17.3 Å². The maximum Gasteiger partial charge on any atom is 0.235 e. The molecule has 3 heterocycles. The first kappa shape index (κ1) is 26.3. The number of carbonyl (C=O) groups is 2. The third-order valence-corrected chi connectivity index (χ3v) is 8.21. The van der Waals surface area contributed by atoms with Gasteiger partial charge < -0.3 is 20.7 Å². The van der Waals surface area contributed by atoms with Gasteiger partial charge in [0, 0.05) is 47.5 Å². The Bertz CT molecular complexity index is 1440. The first-order valence-corrected chi connectivity index (χ1v) is 13.2. The van der Waals surface area contributed by atoms with Crippen molar-refractivity contribution in [1.82, 2.24) is 9.88 Å². The fourth-order valence-electron chi connectivity index (χ4n) is 5.34. The zero-order chi connectivity index (χ0) is 27.2. The Labute approximate surface area is 230 Å². The maximum absolute atomic E-state index is 14.0. The highest BCUT2D eigenvalue weighted by Crippen LogP contribution is 2.46. The lowest BCUT2D eigenvalue weighted by Crippen LogP contribution is -2.48. The van der Waals surface area contributed by atoms with Crippen LogP contribution in [-0.4, -0.2) is 34.8 Å². The van der Waals surface area contributed by atoms with Gasteiger partial charge in [-0.3, -0.25) is 9.59 Å². The lowest BCUT2D eigenvalue weighted by Gasteiger charge is -2.38. The number of fused-ring (bicyclic) bond motifs is 2. The van der Waals surface area contributed by atoms with Gasteiger partial charge in [-0.15, -0.1) is 0 Å². The molecule has 1 fully saturated rings. The average Bonchev–Trinajstić information content (AvgIpc) is 3.17. The molecule has 1 saturated heterocycles. The average molecular weight is 557 g/mol. The monoisotopic (exact) mass is 556 g/mol. The molecule has 38 heavy (non-hydrogen) atoms. The highest BCUT2D eigenvalue weighted by Gasteiger charge is 2.48. The molecule has 7 nitrogen and oxygen atoms in total. The van der Waals surface area contributed by atoms with E-state index in [0.717, 1.165) is 22.4 Å². The van der Waals surface area contributed by atoms with Gasteiger partial charge in [-0.1, -0.05) is 42.3 Å². The molecule has 0 aliphatic carbocycles. The minimum Gasteiger partial charge on any atom is -0.482 e. The molecule has 1 atom stereocenters. The van der Waals surface area contributed by atoms with Crippen LogP contribution in [0.5, 0.6) is 5.75 Å². The van der Waals surface area contributed by atoms with Crippen LogP contribution >= 0.6 is 23.2 Å². The van der Waals surface area contributed by atoms with E-state index >= 15 is 0 Å². The number of ether oxygens (including phenoxy) is 1. The number of likely N-dealkylation sites (tertiary alicyclic amines) is 1. The molecule has 2 amide bonds. The summed E-state index contributed by atoms with van der Waals surface area (Å²) in [4.78, 5) is 31.3. The van der Waals surface area contributed by atoms with Crippen molar-refractivity contribution in [2.75, 3.05) is 24.1 Å². The van der Waals surface area contributed by atoms with Gasteiger partial charge >= 0.3 is 0 Å². The quantitative estimate of drug-likeness (QED) is 0.368. The van der Waals surface area contributed by atoms with E-state index in [1.807, 2.05) is 30.0 Å². The van der Waals surface area contributed by atoms with E-state index in [-0.39, 0.29) is 27.7 Å². The molecule has 5 rings (SSSR count). The second-order valence-electron chi connectivity index (χ2n) is 9.66. The number of piperidine rings is 1. The van der Waals surface area contributed by atoms with Gasteiger partial charge in [0.15, 0.2) is 11.6 Å². The van der Waals surface area contributed by atoms with Gasteiger partial charge in [0.2, 0.25) is 11.8 Å². The number of hydrogen-bond donors (Lipinski definition) is 2. The van der Waals surface area contributed by atoms with Gasteiger partial charge in [0.05, 0.1) is 10.4 Å². The molecular formula is C28H27Cl2FN4O3. The number of pyridine rings is 1. The SMILES string of the molecule is CCC(=O)N1CCC2(CC1)C(=O)Nc1cc(-c3cnc(N)c(O[C@H](C)c4c(Cl)ccc(F)c4Cl)c3)ccc12. The smallest absolute Gasteiger partial charge is 0.235 e. The number of nitrogens with one attached hydrogen (secondary N) is 1. The number of rotatable bonds is 5. The standard InChI is InChI=1S/C28H27Cl2FN4O3/c1-3-23(36)35-10-8-28(9-11-35)18-5-4-16(12-21(18)34-27(28)37)17-13-22(26(32)33-14-17)38-15(2)24-19(29)6-7-20(31)25(24)30/h4-7,12-15H,3,8-11H2,1-2H3,(H2,32,33)(H,34,37)/t15-/m1/s1. The van der Waals surface area contributed by atoms with Crippen molar-refractivity contribution in [3.8, 4) is 16.9 Å². The molecule has 10 heteroatoms. The first-order valence-electron chi connectivity index (χ1n) is 12.4. The number of nitrogens with two attached hydrogens (primary N) is 1. The summed E-state index contributed by atoms with van der Waals surface area (Å²) in [5, 5.41) is 3.21. The van der Waals surface area contributed by atoms with E-state index in [1.54, 1.807) is 19.2 Å². The molecule has 0 bridgehead atoms. The van der Waals surface area contributed by atoms with Crippen LogP contribution in [0, 0.1) is 5.82 Å². The number of amides is 2. The molecular weight excluding hydrogens is 530 g/mol. The zero-order valence-electron chi connectivity index (χ0n) is 21.0. The van der Waals surface area contributed by atoms with E-state index in [2.05, 4.69) is 10.3 Å². The minimum atomic E-state index is -0.699. The second kappa shape index (κ2) is 10.1. The normalized spacial score (nSPS) is 16.8. The number of halogens is 3. The predicted octanol–water partition coefficient (Wildman–Crippen LogP) is 6.14. The van der Waals surface area contributed by atoms with Crippen LogP contribution in [0.25, 0.3) is 11.1 Å². The molecule has 3 N–H and O–H groups in total. The summed E-state index contributed by atoms with van der Waals surface area (Å²) in [6.45, 7) is 4.66. The Morgan fingerprint density at radius 2 is 1.95 bits per heavy atom. The summed E-state index contributed by atoms with van der Waals surface area (Å²) >= 11 is 12.4. The summed E-state index contributed by atoms with van der Waals surface area (Å²) < 4.78 is 20.1. The van der Waals surface area contributed by atoms with Gasteiger partial charge in [-0.25, -0.2) is 9.37 Å². The summed E-state index contributed by atoms with van der Waals surface area (Å²) in [5.74, 6) is -0.0716. The summed E-state index contributed by atoms with van der Waals surface area (Å²) in [6.07, 6.45) is 2.55. The van der Waals surface area contributed by atoms with Crippen molar-refractivity contribution >= 4 is 46.5 Å². The number of carbonyl (C=O) groups excluding carboxylic acids is 2. The van der Waals surface area contributed by atoms with Crippen molar-refractivity contribution in [2.45, 2.75) is 44.6 Å². The van der Waals surface area contributed by atoms with Gasteiger partial charge in [0.25, 0.3) is 0 Å². The summed E-state index contributed by atoms with van der Waals surface area (Å²) in [7, 11) is 0. The molecule has 0 unspecified atom stereocenters. The van der Waals surface area contributed by atoms with Crippen molar-refractivity contribution in [3.05, 3.63) is 69.6 Å². The Morgan fingerprint density at radius 3 is 2.66 bits per heavy atom. The van der Waals surface area contributed by atoms with Crippen LogP contribution in [0.2, 0.25) is 10.0 Å². The number of nitrogen functional groups attached to an aromatic ring is 1. The maximum atomic E-state index is 14.0. The molecule has 2 aliphatic heterocycles. The van der Waals surface area contributed by atoms with Crippen LogP contribution < -0.4 is 15.8 Å². The minimum absolute atomic E-state index is 0.0367. The fraction of sp³-hybridized carbons (Fsp3) is 0.321. The molecule has 198 valence electrons. The van der Waals surface area contributed by atoms with Gasteiger partial charge in [-0.05, 0) is 55.2 Å². The zero-order valence-corrected chi connectivity index (χ0v) is 22.5. The summed E-state index contributed by atoms with van der Waals surface area (Å²) in [6, 6.07) is 10.2. The third kappa shape index (κ3) is 4.46. The lowest BCUT2D eigenvalue weighted by molar-refractivity contribution is -0.134. The molecule has 2 aromatic carbocycles. The van der Waals surface area contributed by atoms with Crippen LogP contribution in [0.15, 0.2) is 42.6 Å². The number of benzene rings is 2. The topological polar surface area (TPSA) is 97.6 Å². The van der Waals surface area contributed by atoms with Crippen molar-refractivity contribution in [2.24, 2.45) is 0 Å². The predicted molar refractivity (Wildman–Crippen MR) is 146 cm³/mol. The number of aromatic nitrogens is 1. The molecule has 1 spiro atoms. The van der Waals surface area contributed by atoms with E-state index in [9.17, 15) is 14.0 Å². The van der Waals surface area contributed by atoms with Crippen molar-refractivity contribution in [3.63, 3.8) is 0 Å². The lowest BCUT2D eigenvalue weighted by atomic mass is 9.73. The highest BCUT2D eigenvalue weighted by molar-refractivity contribution is 6.36. The number of anilines is 2. The molecule has 0 radical (unpaired) electrons. The van der Waals surface area contributed by atoms with E-state index in [1.165, 1.54) is 12.1 Å². The van der Waals surface area contributed by atoms with Crippen molar-refractivity contribution < 1.29 is 18.7 Å². The van der Waals surface area contributed by atoms with Crippen molar-refractivity contribution in [1.29, 1.82) is 0 Å². The summed E-state index contributed by atoms with van der Waals surface area (Å²) in [5.41, 5.74) is 8.98. The Morgan fingerprint density at radius 1 is 1.21 bits per heavy atom. The molecule has 0 saturated carbocycles. The van der Waals surface area contributed by atoms with Crippen LogP contribution in [0.4, 0.5) is 15.9 Å². The number of hydrogen-bond acceptors (Lipinski definition) is 5. The number of nitrogens with zero attached hydrogens (tertiary/aromatic N) is 2. The Hall–Kier alpha value is -3.36. The van der Waals surface area contributed by atoms with E-state index in [0.29, 0.717) is 43.7 Å². The second-order valence-corrected chi connectivity index (χ2v) is 10.4. The first-order chi connectivity index (χ1) is 18.1. The molecule has 2 aliphatic rings. The largest absolute Gasteiger partial charge is 0.482 e. The van der Waals surface area contributed by atoms with Crippen LogP contribution in [0.3, 0.4) is 0 Å². The van der Waals surface area contributed by atoms with E-state index in [4.69, 9.17) is 33.7 Å².